The normalized spacial score (nSPS) is 29.0. The van der Waals surface area contributed by atoms with Crippen molar-refractivity contribution in [3.05, 3.63) is 29.8 Å². The van der Waals surface area contributed by atoms with Crippen molar-refractivity contribution < 1.29 is 9.84 Å². The highest BCUT2D eigenvalue weighted by Gasteiger charge is 2.31. The molecule has 0 spiro atoms. The highest BCUT2D eigenvalue weighted by atomic mass is 16.5. The van der Waals surface area contributed by atoms with Crippen molar-refractivity contribution in [3.63, 3.8) is 0 Å². The van der Waals surface area contributed by atoms with Gasteiger partial charge in [-0.05, 0) is 49.9 Å². The average molecular weight is 235 g/mol. The lowest BCUT2D eigenvalue weighted by Gasteiger charge is -2.38. The van der Waals surface area contributed by atoms with Crippen LogP contribution >= 0.6 is 0 Å². The van der Waals surface area contributed by atoms with E-state index in [0.717, 1.165) is 25.1 Å². The summed E-state index contributed by atoms with van der Waals surface area (Å²) >= 11 is 0. The van der Waals surface area contributed by atoms with E-state index in [2.05, 4.69) is 24.4 Å². The summed E-state index contributed by atoms with van der Waals surface area (Å²) < 4.78 is 5.17. The second-order valence-corrected chi connectivity index (χ2v) is 5.11. The van der Waals surface area contributed by atoms with E-state index in [4.69, 9.17) is 4.74 Å². The molecule has 1 aromatic carbocycles. The first-order chi connectivity index (χ1) is 8.17. The summed E-state index contributed by atoms with van der Waals surface area (Å²) in [6.45, 7) is 3.25. The van der Waals surface area contributed by atoms with Crippen LogP contribution < -0.4 is 10.1 Å². The second kappa shape index (κ2) is 5.07. The molecule has 1 aromatic rings. The van der Waals surface area contributed by atoms with Crippen LogP contribution in [0.15, 0.2) is 24.3 Å². The number of piperidine rings is 1. The van der Waals surface area contributed by atoms with Gasteiger partial charge in [-0.1, -0.05) is 12.1 Å². The topological polar surface area (TPSA) is 41.5 Å². The standard InChI is InChI=1S/C14H21NO2/c1-14(10-16)9-12(7-8-15-14)11-3-5-13(17-2)6-4-11/h3-6,12,15-16H,7-10H2,1-2H3. The van der Waals surface area contributed by atoms with Crippen LogP contribution in [0.2, 0.25) is 0 Å². The Hall–Kier alpha value is -1.06. The Labute approximate surface area is 103 Å². The van der Waals surface area contributed by atoms with Crippen LogP contribution in [-0.2, 0) is 0 Å². The van der Waals surface area contributed by atoms with E-state index in [-0.39, 0.29) is 12.1 Å². The van der Waals surface area contributed by atoms with Crippen LogP contribution in [0.3, 0.4) is 0 Å². The average Bonchev–Trinajstić information content (AvgIpc) is 2.39. The van der Waals surface area contributed by atoms with Crippen molar-refractivity contribution >= 4 is 0 Å². The Balaban J connectivity index is 2.10. The molecule has 1 fully saturated rings. The van der Waals surface area contributed by atoms with Gasteiger partial charge in [0, 0.05) is 5.54 Å². The molecule has 3 heteroatoms. The summed E-state index contributed by atoms with van der Waals surface area (Å²) in [5.74, 6) is 1.42. The zero-order chi connectivity index (χ0) is 12.3. The van der Waals surface area contributed by atoms with Gasteiger partial charge in [-0.2, -0.15) is 0 Å². The van der Waals surface area contributed by atoms with Crippen LogP contribution in [0.1, 0.15) is 31.2 Å². The van der Waals surface area contributed by atoms with Gasteiger partial charge in [0.1, 0.15) is 5.75 Å². The molecular formula is C14H21NO2. The Morgan fingerprint density at radius 3 is 2.71 bits per heavy atom. The van der Waals surface area contributed by atoms with Crippen LogP contribution in [-0.4, -0.2) is 30.9 Å². The molecule has 0 aliphatic carbocycles. The quantitative estimate of drug-likeness (QED) is 0.841. The predicted molar refractivity (Wildman–Crippen MR) is 68.5 cm³/mol. The molecule has 0 bridgehead atoms. The molecule has 1 aliphatic rings. The lowest BCUT2D eigenvalue weighted by molar-refractivity contribution is 0.137. The maximum atomic E-state index is 9.41. The SMILES string of the molecule is COc1ccc(C2CCNC(C)(CO)C2)cc1. The minimum Gasteiger partial charge on any atom is -0.497 e. The van der Waals surface area contributed by atoms with Gasteiger partial charge in [0.2, 0.25) is 0 Å². The number of hydrogen-bond donors (Lipinski definition) is 2. The Kier molecular flexibility index (Phi) is 3.69. The maximum absolute atomic E-state index is 9.41. The van der Waals surface area contributed by atoms with Crippen molar-refractivity contribution in [3.8, 4) is 5.75 Å². The molecule has 2 unspecified atom stereocenters. The lowest BCUT2D eigenvalue weighted by Crippen LogP contribution is -2.50. The number of aliphatic hydroxyl groups excluding tert-OH is 1. The van der Waals surface area contributed by atoms with Gasteiger partial charge >= 0.3 is 0 Å². The third-order valence-corrected chi connectivity index (χ3v) is 3.68. The summed E-state index contributed by atoms with van der Waals surface area (Å²) in [6.07, 6.45) is 2.11. The molecule has 94 valence electrons. The summed E-state index contributed by atoms with van der Waals surface area (Å²) in [5, 5.41) is 12.8. The van der Waals surface area contributed by atoms with E-state index < -0.39 is 0 Å². The van der Waals surface area contributed by atoms with Crippen LogP contribution in [0.5, 0.6) is 5.75 Å². The second-order valence-electron chi connectivity index (χ2n) is 5.11. The monoisotopic (exact) mass is 235 g/mol. The van der Waals surface area contributed by atoms with Crippen LogP contribution in [0.4, 0.5) is 0 Å². The van der Waals surface area contributed by atoms with Crippen molar-refractivity contribution in [1.82, 2.24) is 5.32 Å². The van der Waals surface area contributed by atoms with Crippen LogP contribution in [0.25, 0.3) is 0 Å². The zero-order valence-electron chi connectivity index (χ0n) is 10.6. The number of hydrogen-bond acceptors (Lipinski definition) is 3. The van der Waals surface area contributed by atoms with Gasteiger partial charge in [-0.25, -0.2) is 0 Å². The molecule has 0 radical (unpaired) electrons. The minimum atomic E-state index is -0.136. The molecule has 0 saturated carbocycles. The Bertz CT molecular complexity index is 363. The van der Waals surface area contributed by atoms with E-state index in [1.807, 2.05) is 12.1 Å². The number of ether oxygens (including phenoxy) is 1. The first-order valence-corrected chi connectivity index (χ1v) is 6.17. The van der Waals surface area contributed by atoms with Gasteiger partial charge in [0.25, 0.3) is 0 Å². The molecule has 2 N–H and O–H groups in total. The van der Waals surface area contributed by atoms with Crippen molar-refractivity contribution in [2.75, 3.05) is 20.3 Å². The fourth-order valence-corrected chi connectivity index (χ4v) is 2.55. The van der Waals surface area contributed by atoms with Gasteiger partial charge in [-0.3, -0.25) is 0 Å². The van der Waals surface area contributed by atoms with Gasteiger partial charge < -0.3 is 15.2 Å². The molecule has 17 heavy (non-hydrogen) atoms. The number of nitrogens with one attached hydrogen (secondary N) is 1. The summed E-state index contributed by atoms with van der Waals surface area (Å²) in [5.41, 5.74) is 1.20. The number of aliphatic hydroxyl groups is 1. The molecule has 2 atom stereocenters. The molecule has 0 aromatic heterocycles. The van der Waals surface area contributed by atoms with Gasteiger partial charge in [-0.15, -0.1) is 0 Å². The lowest BCUT2D eigenvalue weighted by atomic mass is 9.80. The van der Waals surface area contributed by atoms with E-state index in [0.29, 0.717) is 5.92 Å². The third kappa shape index (κ3) is 2.79. The molecular weight excluding hydrogens is 214 g/mol. The third-order valence-electron chi connectivity index (χ3n) is 3.68. The summed E-state index contributed by atoms with van der Waals surface area (Å²) in [7, 11) is 1.68. The minimum absolute atomic E-state index is 0.136. The van der Waals surface area contributed by atoms with E-state index in [1.165, 1.54) is 5.56 Å². The fraction of sp³-hybridized carbons (Fsp3) is 0.571. The first kappa shape index (κ1) is 12.4. The predicted octanol–water partition coefficient (Wildman–Crippen LogP) is 1.91. The van der Waals surface area contributed by atoms with E-state index in [9.17, 15) is 5.11 Å². The first-order valence-electron chi connectivity index (χ1n) is 6.17. The molecule has 1 aliphatic heterocycles. The highest BCUT2D eigenvalue weighted by molar-refractivity contribution is 5.30. The zero-order valence-corrected chi connectivity index (χ0v) is 10.6. The van der Waals surface area contributed by atoms with Crippen molar-refractivity contribution in [2.45, 2.75) is 31.2 Å². The maximum Gasteiger partial charge on any atom is 0.118 e. The summed E-state index contributed by atoms with van der Waals surface area (Å²) in [4.78, 5) is 0. The van der Waals surface area contributed by atoms with Crippen LogP contribution in [0, 0.1) is 0 Å². The number of rotatable bonds is 3. The van der Waals surface area contributed by atoms with Crippen molar-refractivity contribution in [1.29, 1.82) is 0 Å². The Morgan fingerprint density at radius 2 is 2.12 bits per heavy atom. The summed E-state index contributed by atoms with van der Waals surface area (Å²) in [6, 6.07) is 8.28. The molecule has 1 saturated heterocycles. The van der Waals surface area contributed by atoms with Gasteiger partial charge in [0.15, 0.2) is 0 Å². The van der Waals surface area contributed by atoms with Crippen molar-refractivity contribution in [2.24, 2.45) is 0 Å². The van der Waals surface area contributed by atoms with E-state index >= 15 is 0 Å². The smallest absolute Gasteiger partial charge is 0.118 e. The fourth-order valence-electron chi connectivity index (χ4n) is 2.55. The van der Waals surface area contributed by atoms with Gasteiger partial charge in [0.05, 0.1) is 13.7 Å². The molecule has 3 nitrogen and oxygen atoms in total. The number of methoxy groups -OCH3 is 1. The largest absolute Gasteiger partial charge is 0.497 e. The Morgan fingerprint density at radius 1 is 1.41 bits per heavy atom. The molecule has 0 amide bonds. The van der Waals surface area contributed by atoms with E-state index in [1.54, 1.807) is 7.11 Å². The number of benzene rings is 1. The molecule has 1 heterocycles. The highest BCUT2D eigenvalue weighted by Crippen LogP contribution is 2.33. The molecule has 2 rings (SSSR count).